The van der Waals surface area contributed by atoms with Gasteiger partial charge in [-0.1, -0.05) is 18.2 Å². The molecule has 0 spiro atoms. The molecule has 0 bridgehead atoms. The van der Waals surface area contributed by atoms with Gasteiger partial charge >= 0.3 is 0 Å². The average Bonchev–Trinajstić information content (AvgIpc) is 2.28. The largest absolute Gasteiger partial charge is 0.482 e. The second-order valence-corrected chi connectivity index (χ2v) is 3.71. The van der Waals surface area contributed by atoms with Gasteiger partial charge in [0.2, 0.25) is 0 Å². The summed E-state index contributed by atoms with van der Waals surface area (Å²) in [6.07, 6.45) is 1.51. The predicted octanol–water partition coefficient (Wildman–Crippen LogP) is 0.735. The van der Waals surface area contributed by atoms with Gasteiger partial charge in [0.1, 0.15) is 5.75 Å². The summed E-state index contributed by atoms with van der Waals surface area (Å²) in [6, 6.07) is 7.74. The number of hydrogen-bond donors (Lipinski definition) is 2. The average molecular weight is 194 g/mol. The zero-order valence-electron chi connectivity index (χ0n) is 7.94. The molecule has 0 saturated carbocycles. The Morgan fingerprint density at radius 3 is 2.64 bits per heavy atom. The Labute approximate surface area is 83.0 Å². The number of rotatable bonds is 2. The van der Waals surface area contributed by atoms with Gasteiger partial charge in [0.05, 0.1) is 13.2 Å². The summed E-state index contributed by atoms with van der Waals surface area (Å²) >= 11 is 0. The van der Waals surface area contributed by atoms with Crippen molar-refractivity contribution in [2.75, 3.05) is 13.2 Å². The SMILES string of the molecule is OCC1(CO)CCc2ccccc2O1. The molecule has 1 heterocycles. The van der Waals surface area contributed by atoms with Gasteiger partial charge in [-0.3, -0.25) is 0 Å². The third kappa shape index (κ3) is 1.49. The van der Waals surface area contributed by atoms with Crippen molar-refractivity contribution in [3.05, 3.63) is 29.8 Å². The molecule has 1 aliphatic heterocycles. The molecule has 1 aliphatic rings. The Morgan fingerprint density at radius 1 is 1.21 bits per heavy atom. The molecule has 1 aromatic rings. The van der Waals surface area contributed by atoms with Gasteiger partial charge < -0.3 is 14.9 Å². The Kier molecular flexibility index (Phi) is 2.44. The van der Waals surface area contributed by atoms with Crippen LogP contribution in [-0.4, -0.2) is 29.0 Å². The van der Waals surface area contributed by atoms with E-state index >= 15 is 0 Å². The van der Waals surface area contributed by atoms with Gasteiger partial charge in [-0.2, -0.15) is 0 Å². The Hall–Kier alpha value is -1.06. The molecule has 0 amide bonds. The number of aryl methyl sites for hydroxylation is 1. The molecule has 1 aromatic carbocycles. The first-order chi connectivity index (χ1) is 6.79. The summed E-state index contributed by atoms with van der Waals surface area (Å²) < 4.78 is 5.62. The van der Waals surface area contributed by atoms with E-state index in [1.165, 1.54) is 0 Å². The lowest BCUT2D eigenvalue weighted by molar-refractivity contribution is -0.0473. The van der Waals surface area contributed by atoms with Gasteiger partial charge in [-0.25, -0.2) is 0 Å². The third-order valence-corrected chi connectivity index (χ3v) is 2.73. The minimum atomic E-state index is -0.783. The lowest BCUT2D eigenvalue weighted by Gasteiger charge is -2.35. The van der Waals surface area contributed by atoms with E-state index in [4.69, 9.17) is 4.74 Å². The van der Waals surface area contributed by atoms with E-state index in [0.717, 1.165) is 17.7 Å². The molecule has 0 saturated heterocycles. The van der Waals surface area contributed by atoms with Crippen molar-refractivity contribution < 1.29 is 14.9 Å². The lowest BCUT2D eigenvalue weighted by atomic mass is 9.92. The second-order valence-electron chi connectivity index (χ2n) is 3.71. The van der Waals surface area contributed by atoms with E-state index in [9.17, 15) is 10.2 Å². The number of benzene rings is 1. The van der Waals surface area contributed by atoms with E-state index in [-0.39, 0.29) is 13.2 Å². The molecule has 3 nitrogen and oxygen atoms in total. The first-order valence-corrected chi connectivity index (χ1v) is 4.78. The monoisotopic (exact) mass is 194 g/mol. The van der Waals surface area contributed by atoms with Crippen molar-refractivity contribution in [3.63, 3.8) is 0 Å². The first-order valence-electron chi connectivity index (χ1n) is 4.78. The van der Waals surface area contributed by atoms with Crippen LogP contribution in [0.5, 0.6) is 5.75 Å². The minimum Gasteiger partial charge on any atom is -0.482 e. The smallest absolute Gasteiger partial charge is 0.155 e. The van der Waals surface area contributed by atoms with Gasteiger partial charge in [0.15, 0.2) is 5.60 Å². The predicted molar refractivity (Wildman–Crippen MR) is 52.3 cm³/mol. The van der Waals surface area contributed by atoms with Gasteiger partial charge in [0.25, 0.3) is 0 Å². The summed E-state index contributed by atoms with van der Waals surface area (Å²) in [5.74, 6) is 0.779. The molecular weight excluding hydrogens is 180 g/mol. The summed E-state index contributed by atoms with van der Waals surface area (Å²) in [4.78, 5) is 0. The van der Waals surface area contributed by atoms with E-state index in [1.807, 2.05) is 24.3 Å². The summed E-state index contributed by atoms with van der Waals surface area (Å²) in [6.45, 7) is -0.282. The number of para-hydroxylation sites is 1. The first kappa shape index (κ1) is 9.49. The summed E-state index contributed by atoms with van der Waals surface area (Å²) in [5, 5.41) is 18.4. The van der Waals surface area contributed by atoms with E-state index in [0.29, 0.717) is 6.42 Å². The van der Waals surface area contributed by atoms with Crippen LogP contribution < -0.4 is 4.74 Å². The molecule has 14 heavy (non-hydrogen) atoms. The fourth-order valence-electron chi connectivity index (χ4n) is 1.73. The molecule has 0 fully saturated rings. The van der Waals surface area contributed by atoms with Crippen LogP contribution in [0.2, 0.25) is 0 Å². The van der Waals surface area contributed by atoms with Crippen molar-refractivity contribution in [1.29, 1.82) is 0 Å². The van der Waals surface area contributed by atoms with E-state index < -0.39 is 5.60 Å². The van der Waals surface area contributed by atoms with Crippen LogP contribution in [-0.2, 0) is 6.42 Å². The number of hydrogen-bond acceptors (Lipinski definition) is 3. The summed E-state index contributed by atoms with van der Waals surface area (Å²) in [5.41, 5.74) is 0.360. The quantitative estimate of drug-likeness (QED) is 0.730. The fourth-order valence-corrected chi connectivity index (χ4v) is 1.73. The topological polar surface area (TPSA) is 49.7 Å². The van der Waals surface area contributed by atoms with E-state index in [1.54, 1.807) is 0 Å². The molecular formula is C11H14O3. The Balaban J connectivity index is 2.28. The number of fused-ring (bicyclic) bond motifs is 1. The number of aliphatic hydroxyl groups excluding tert-OH is 2. The highest BCUT2D eigenvalue weighted by molar-refractivity contribution is 5.36. The van der Waals surface area contributed by atoms with Crippen molar-refractivity contribution in [2.45, 2.75) is 18.4 Å². The molecule has 76 valence electrons. The molecule has 2 N–H and O–H groups in total. The van der Waals surface area contributed by atoms with Crippen LogP contribution in [0.15, 0.2) is 24.3 Å². The van der Waals surface area contributed by atoms with Crippen LogP contribution in [0.1, 0.15) is 12.0 Å². The lowest BCUT2D eigenvalue weighted by Crippen LogP contribution is -2.46. The fraction of sp³-hybridized carbons (Fsp3) is 0.455. The molecule has 0 atom stereocenters. The van der Waals surface area contributed by atoms with Gasteiger partial charge in [0, 0.05) is 0 Å². The Bertz CT molecular complexity index is 318. The maximum absolute atomic E-state index is 9.18. The Morgan fingerprint density at radius 2 is 1.93 bits per heavy atom. The molecule has 0 aromatic heterocycles. The van der Waals surface area contributed by atoms with Crippen molar-refractivity contribution in [3.8, 4) is 5.75 Å². The van der Waals surface area contributed by atoms with Crippen LogP contribution in [0.25, 0.3) is 0 Å². The van der Waals surface area contributed by atoms with Crippen molar-refractivity contribution in [1.82, 2.24) is 0 Å². The van der Waals surface area contributed by atoms with Crippen LogP contribution in [0.3, 0.4) is 0 Å². The van der Waals surface area contributed by atoms with Crippen LogP contribution >= 0.6 is 0 Å². The van der Waals surface area contributed by atoms with Crippen LogP contribution in [0, 0.1) is 0 Å². The molecule has 2 rings (SSSR count). The van der Waals surface area contributed by atoms with Crippen molar-refractivity contribution >= 4 is 0 Å². The standard InChI is InChI=1S/C11H14O3/c12-7-11(8-13)6-5-9-3-1-2-4-10(9)14-11/h1-4,12-13H,5-8H2. The molecule has 0 radical (unpaired) electrons. The van der Waals surface area contributed by atoms with Crippen LogP contribution in [0.4, 0.5) is 0 Å². The van der Waals surface area contributed by atoms with Crippen molar-refractivity contribution in [2.24, 2.45) is 0 Å². The van der Waals surface area contributed by atoms with E-state index in [2.05, 4.69) is 0 Å². The highest BCUT2D eigenvalue weighted by Gasteiger charge is 2.34. The minimum absolute atomic E-state index is 0.141. The maximum Gasteiger partial charge on any atom is 0.155 e. The number of aliphatic hydroxyl groups is 2. The molecule has 3 heteroatoms. The third-order valence-electron chi connectivity index (χ3n) is 2.73. The highest BCUT2D eigenvalue weighted by Crippen LogP contribution is 2.32. The zero-order chi connectivity index (χ0) is 10.0. The molecule has 0 aliphatic carbocycles. The molecule has 0 unspecified atom stereocenters. The number of ether oxygens (including phenoxy) is 1. The zero-order valence-corrected chi connectivity index (χ0v) is 7.94. The highest BCUT2D eigenvalue weighted by atomic mass is 16.5. The second kappa shape index (κ2) is 3.59. The summed E-state index contributed by atoms with van der Waals surface area (Å²) in [7, 11) is 0. The van der Waals surface area contributed by atoms with Gasteiger partial charge in [-0.15, -0.1) is 0 Å². The maximum atomic E-state index is 9.18. The van der Waals surface area contributed by atoms with Gasteiger partial charge in [-0.05, 0) is 24.5 Å². The normalized spacial score (nSPS) is 18.4.